The molecule has 0 atom stereocenters. The van der Waals surface area contributed by atoms with E-state index in [1.165, 1.54) is 0 Å². The second-order valence-corrected chi connectivity index (χ2v) is 7.51. The van der Waals surface area contributed by atoms with Gasteiger partial charge >= 0.3 is 29.6 Å². The molecule has 0 saturated carbocycles. The minimum Gasteiger partial charge on any atom is -0.691 e. The molecule has 0 bridgehead atoms. The number of sulfone groups is 1. The van der Waals surface area contributed by atoms with Crippen LogP contribution in [0, 0.1) is 13.8 Å². The first-order chi connectivity index (χ1) is 8.42. The quantitative estimate of drug-likeness (QED) is 0.141. The summed E-state index contributed by atoms with van der Waals surface area (Å²) < 4.78 is 28.8. The molecule has 0 fully saturated rings. The standard InChI is InChI=1S/C10H13IO5S2.Na/c1-7-6-10(18(13,14)4-3-11)8(2)5-9(7)17-16-15-12;/h5-6,12H,3-4H2,1-2H3;/q;+1/p-1. The maximum Gasteiger partial charge on any atom is 1.00 e. The summed E-state index contributed by atoms with van der Waals surface area (Å²) in [5.41, 5.74) is 1.34. The number of halogens is 1. The van der Waals surface area contributed by atoms with Gasteiger partial charge in [0.25, 0.3) is 0 Å². The summed E-state index contributed by atoms with van der Waals surface area (Å²) in [6, 6.07) is 3.26. The second-order valence-electron chi connectivity index (χ2n) is 3.61. The van der Waals surface area contributed by atoms with Crippen LogP contribution in [-0.4, -0.2) is 18.6 Å². The molecule has 0 aliphatic rings. The molecule has 5 nitrogen and oxygen atoms in total. The Morgan fingerprint density at radius 2 is 1.95 bits per heavy atom. The largest absolute Gasteiger partial charge is 1.00 e. The minimum atomic E-state index is -3.25. The first-order valence-electron chi connectivity index (χ1n) is 4.95. The van der Waals surface area contributed by atoms with Crippen molar-refractivity contribution in [1.29, 1.82) is 0 Å². The van der Waals surface area contributed by atoms with Crippen molar-refractivity contribution < 1.29 is 52.6 Å². The third-order valence-corrected chi connectivity index (χ3v) is 6.17. The smallest absolute Gasteiger partial charge is 0.691 e. The van der Waals surface area contributed by atoms with E-state index in [-0.39, 0.29) is 35.3 Å². The summed E-state index contributed by atoms with van der Waals surface area (Å²) in [7, 11) is -3.25. The minimum absolute atomic E-state index is 0. The van der Waals surface area contributed by atoms with Crippen molar-refractivity contribution in [2.45, 2.75) is 23.6 Å². The Hall–Kier alpha value is 1.13. The monoisotopic (exact) mass is 426 g/mol. The normalized spacial score (nSPS) is 11.2. The fraction of sp³-hybridized carbons (Fsp3) is 0.400. The molecule has 1 aromatic carbocycles. The van der Waals surface area contributed by atoms with E-state index < -0.39 is 9.84 Å². The SMILES string of the molecule is Cc1cc(S(=O)(=O)CCI)c(C)cc1SOO[O-].[Na+]. The van der Waals surface area contributed by atoms with E-state index in [1.54, 1.807) is 26.0 Å². The van der Waals surface area contributed by atoms with Gasteiger partial charge in [-0.05, 0) is 37.1 Å². The number of hydrogen-bond donors (Lipinski definition) is 0. The van der Waals surface area contributed by atoms with Crippen LogP contribution in [0.2, 0.25) is 0 Å². The van der Waals surface area contributed by atoms with E-state index in [1.807, 2.05) is 22.6 Å². The summed E-state index contributed by atoms with van der Waals surface area (Å²) in [6.07, 6.45) is 0. The average Bonchev–Trinajstić information content (AvgIpc) is 2.29. The molecule has 0 N–H and O–H groups in total. The molecule has 0 aliphatic carbocycles. The van der Waals surface area contributed by atoms with Crippen molar-refractivity contribution in [3.05, 3.63) is 23.3 Å². The zero-order valence-corrected chi connectivity index (χ0v) is 16.6. The van der Waals surface area contributed by atoms with Gasteiger partial charge in [-0.1, -0.05) is 22.6 Å². The van der Waals surface area contributed by atoms with Crippen LogP contribution >= 0.6 is 34.6 Å². The van der Waals surface area contributed by atoms with E-state index in [2.05, 4.69) is 9.37 Å². The molecular formula is C10H12INaO5S2. The molecule has 0 saturated heterocycles. The number of benzene rings is 1. The molecule has 102 valence electrons. The van der Waals surface area contributed by atoms with Gasteiger partial charge in [0.05, 0.1) is 22.7 Å². The van der Waals surface area contributed by atoms with Crippen LogP contribution in [0.15, 0.2) is 21.9 Å². The molecule has 0 unspecified atom stereocenters. The fourth-order valence-electron chi connectivity index (χ4n) is 1.45. The van der Waals surface area contributed by atoms with Crippen molar-refractivity contribution in [3.8, 4) is 0 Å². The second kappa shape index (κ2) is 9.21. The number of alkyl halides is 1. The van der Waals surface area contributed by atoms with Crippen LogP contribution in [0.1, 0.15) is 11.1 Å². The Labute approximate surface area is 152 Å². The van der Waals surface area contributed by atoms with Crippen LogP contribution in [0.25, 0.3) is 0 Å². The van der Waals surface area contributed by atoms with Gasteiger partial charge in [0, 0.05) is 9.32 Å². The summed E-state index contributed by atoms with van der Waals surface area (Å²) >= 11 is 2.79. The molecule has 0 aromatic heterocycles. The van der Waals surface area contributed by atoms with E-state index in [9.17, 15) is 13.7 Å². The molecule has 0 heterocycles. The summed E-state index contributed by atoms with van der Waals surface area (Å²) in [4.78, 5) is 0.973. The number of hydrogen-bond acceptors (Lipinski definition) is 6. The van der Waals surface area contributed by atoms with Crippen LogP contribution in [-0.2, 0) is 19.2 Å². The number of rotatable bonds is 6. The summed E-state index contributed by atoms with van der Waals surface area (Å²) in [5.74, 6) is 0.112. The Kier molecular flexibility index (Phi) is 9.76. The van der Waals surface area contributed by atoms with Gasteiger partial charge in [-0.15, -0.1) is 0 Å². The molecule has 1 aromatic rings. The van der Waals surface area contributed by atoms with Crippen LogP contribution < -0.4 is 34.8 Å². The van der Waals surface area contributed by atoms with E-state index >= 15 is 0 Å². The van der Waals surface area contributed by atoms with Gasteiger partial charge in [0.1, 0.15) is 0 Å². The summed E-state index contributed by atoms with van der Waals surface area (Å²) in [6.45, 7) is 3.46. The Bertz CT molecular complexity index is 521. The Balaban J connectivity index is 0.00000324. The van der Waals surface area contributed by atoms with Gasteiger partial charge in [-0.3, -0.25) is 5.04 Å². The van der Waals surface area contributed by atoms with Crippen LogP contribution in [0.4, 0.5) is 0 Å². The first kappa shape index (κ1) is 20.1. The van der Waals surface area contributed by atoms with Crippen LogP contribution in [0.3, 0.4) is 0 Å². The fourth-order valence-corrected chi connectivity index (χ4v) is 5.03. The van der Waals surface area contributed by atoms with Gasteiger partial charge in [0.15, 0.2) is 9.84 Å². The van der Waals surface area contributed by atoms with Gasteiger partial charge in [0.2, 0.25) is 0 Å². The van der Waals surface area contributed by atoms with Crippen LogP contribution in [0.5, 0.6) is 0 Å². The third-order valence-electron chi connectivity index (χ3n) is 2.31. The van der Waals surface area contributed by atoms with Crippen molar-refractivity contribution in [1.82, 2.24) is 0 Å². The first-order valence-corrected chi connectivity index (χ1v) is 8.87. The zero-order valence-electron chi connectivity index (χ0n) is 10.8. The molecule has 9 heteroatoms. The molecule has 0 spiro atoms. The molecular weight excluding hydrogens is 414 g/mol. The zero-order chi connectivity index (χ0) is 13.8. The molecule has 0 amide bonds. The predicted octanol–water partition coefficient (Wildman–Crippen LogP) is -1.25. The molecule has 0 radical (unpaired) electrons. The maximum atomic E-state index is 12.0. The molecule has 1 rings (SSSR count). The van der Waals surface area contributed by atoms with Gasteiger partial charge in [-0.25, -0.2) is 8.42 Å². The van der Waals surface area contributed by atoms with Crippen molar-refractivity contribution in [2.24, 2.45) is 0 Å². The van der Waals surface area contributed by atoms with E-state index in [4.69, 9.17) is 0 Å². The van der Waals surface area contributed by atoms with E-state index in [0.29, 0.717) is 19.8 Å². The topological polar surface area (TPSA) is 75.7 Å². The van der Waals surface area contributed by atoms with E-state index in [0.717, 1.165) is 17.6 Å². The molecule has 19 heavy (non-hydrogen) atoms. The van der Waals surface area contributed by atoms with Crippen molar-refractivity contribution >= 4 is 44.5 Å². The summed E-state index contributed by atoms with van der Waals surface area (Å²) in [5, 5.41) is 13.0. The Morgan fingerprint density at radius 1 is 1.32 bits per heavy atom. The molecule has 0 aliphatic heterocycles. The van der Waals surface area contributed by atoms with Crippen molar-refractivity contribution in [3.63, 3.8) is 0 Å². The van der Waals surface area contributed by atoms with Gasteiger partial charge in [-0.2, -0.15) is 4.33 Å². The average molecular weight is 426 g/mol. The maximum absolute atomic E-state index is 12.0. The van der Waals surface area contributed by atoms with Gasteiger partial charge < -0.3 is 5.26 Å². The number of aryl methyl sites for hydroxylation is 2. The third kappa shape index (κ3) is 5.79. The van der Waals surface area contributed by atoms with Crippen molar-refractivity contribution in [2.75, 3.05) is 10.2 Å². The predicted molar refractivity (Wildman–Crippen MR) is 74.9 cm³/mol. The Morgan fingerprint density at radius 3 is 2.47 bits per heavy atom.